The molecule has 0 fully saturated rings. The van der Waals surface area contributed by atoms with Gasteiger partial charge in [0.05, 0.1) is 23.5 Å². The molecule has 0 aliphatic heterocycles. The molecule has 5 nitrogen and oxygen atoms in total. The Labute approximate surface area is 127 Å². The number of nitrogens with one attached hydrogen (secondary N) is 2. The van der Waals surface area contributed by atoms with E-state index in [1.54, 1.807) is 18.5 Å². The summed E-state index contributed by atoms with van der Waals surface area (Å²) in [6, 6.07) is 13.0. The third-order valence-corrected chi connectivity index (χ3v) is 3.13. The summed E-state index contributed by atoms with van der Waals surface area (Å²) in [4.78, 5) is 8.55. The maximum absolute atomic E-state index is 6.10. The Kier molecular flexibility index (Phi) is 4.02. The molecule has 0 amide bonds. The van der Waals surface area contributed by atoms with Crippen LogP contribution in [0.3, 0.4) is 0 Å². The fraction of sp³-hybridized carbons (Fsp3) is 0.0667. The van der Waals surface area contributed by atoms with Crippen molar-refractivity contribution >= 4 is 29.1 Å². The van der Waals surface area contributed by atoms with Gasteiger partial charge in [0.15, 0.2) is 0 Å². The van der Waals surface area contributed by atoms with Crippen LogP contribution in [0.15, 0.2) is 59.3 Å². The lowest BCUT2D eigenvalue weighted by molar-refractivity contribution is 0.518. The summed E-state index contributed by atoms with van der Waals surface area (Å²) in [5.74, 6) is 2.03. The van der Waals surface area contributed by atoms with Gasteiger partial charge in [-0.05, 0) is 30.3 Å². The number of aromatic nitrogens is 2. The molecule has 2 aromatic heterocycles. The molecular formula is C15H13ClN4O. The normalized spacial score (nSPS) is 10.3. The van der Waals surface area contributed by atoms with Gasteiger partial charge in [-0.1, -0.05) is 23.7 Å². The Morgan fingerprint density at radius 1 is 1.10 bits per heavy atom. The van der Waals surface area contributed by atoms with E-state index < -0.39 is 0 Å². The van der Waals surface area contributed by atoms with Crippen molar-refractivity contribution in [1.29, 1.82) is 0 Å². The molecule has 0 radical (unpaired) electrons. The number of furan rings is 1. The molecule has 0 spiro atoms. The fourth-order valence-corrected chi connectivity index (χ4v) is 1.97. The first kappa shape index (κ1) is 13.5. The number of halogens is 1. The standard InChI is InChI=1S/C15H13ClN4O/c16-12-5-1-2-6-13(12)19-15-17-8-7-14(20-15)18-10-11-4-3-9-21-11/h1-9H,10H2,(H2,17,18,19,20). The van der Waals surface area contributed by atoms with Gasteiger partial charge in [-0.25, -0.2) is 4.98 Å². The van der Waals surface area contributed by atoms with Crippen molar-refractivity contribution in [2.75, 3.05) is 10.6 Å². The third kappa shape index (κ3) is 3.52. The number of anilines is 3. The SMILES string of the molecule is Clc1ccccc1Nc1nccc(NCc2ccco2)n1. The highest BCUT2D eigenvalue weighted by Gasteiger charge is 2.03. The Morgan fingerprint density at radius 2 is 2.00 bits per heavy atom. The Bertz CT molecular complexity index is 715. The van der Waals surface area contributed by atoms with Crippen molar-refractivity contribution in [3.63, 3.8) is 0 Å². The summed E-state index contributed by atoms with van der Waals surface area (Å²) in [6.45, 7) is 0.565. The molecule has 21 heavy (non-hydrogen) atoms. The van der Waals surface area contributed by atoms with Crippen molar-refractivity contribution in [3.8, 4) is 0 Å². The smallest absolute Gasteiger partial charge is 0.229 e. The average Bonchev–Trinajstić information content (AvgIpc) is 3.01. The first-order chi connectivity index (χ1) is 10.3. The minimum absolute atomic E-state index is 0.479. The van der Waals surface area contributed by atoms with Gasteiger partial charge in [-0.2, -0.15) is 4.98 Å². The van der Waals surface area contributed by atoms with Crippen LogP contribution in [0.5, 0.6) is 0 Å². The van der Waals surface area contributed by atoms with E-state index in [9.17, 15) is 0 Å². The highest BCUT2D eigenvalue weighted by molar-refractivity contribution is 6.33. The summed E-state index contributed by atoms with van der Waals surface area (Å²) >= 11 is 6.10. The van der Waals surface area contributed by atoms with E-state index in [0.29, 0.717) is 23.3 Å². The lowest BCUT2D eigenvalue weighted by Gasteiger charge is -2.08. The quantitative estimate of drug-likeness (QED) is 0.743. The summed E-state index contributed by atoms with van der Waals surface area (Å²) in [5.41, 5.74) is 0.766. The monoisotopic (exact) mass is 300 g/mol. The second-order valence-corrected chi connectivity index (χ2v) is 4.71. The maximum atomic E-state index is 6.10. The van der Waals surface area contributed by atoms with E-state index in [1.807, 2.05) is 36.4 Å². The molecule has 0 unspecified atom stereocenters. The molecule has 0 saturated carbocycles. The zero-order chi connectivity index (χ0) is 14.5. The van der Waals surface area contributed by atoms with Crippen molar-refractivity contribution in [2.45, 2.75) is 6.54 Å². The van der Waals surface area contributed by atoms with Crippen LogP contribution in [-0.4, -0.2) is 9.97 Å². The van der Waals surface area contributed by atoms with Crippen LogP contribution >= 0.6 is 11.6 Å². The lowest BCUT2D eigenvalue weighted by atomic mass is 10.3. The molecule has 0 atom stereocenters. The number of hydrogen-bond acceptors (Lipinski definition) is 5. The van der Waals surface area contributed by atoms with Crippen LogP contribution in [0.4, 0.5) is 17.5 Å². The molecule has 1 aromatic carbocycles. The third-order valence-electron chi connectivity index (χ3n) is 2.80. The van der Waals surface area contributed by atoms with E-state index in [0.717, 1.165) is 11.4 Å². The molecule has 0 saturated heterocycles. The molecule has 2 N–H and O–H groups in total. The van der Waals surface area contributed by atoms with Crippen LogP contribution in [0.1, 0.15) is 5.76 Å². The Balaban J connectivity index is 1.70. The Hall–Kier alpha value is -2.53. The minimum atomic E-state index is 0.479. The zero-order valence-corrected chi connectivity index (χ0v) is 11.8. The molecule has 3 aromatic rings. The second-order valence-electron chi connectivity index (χ2n) is 4.30. The van der Waals surface area contributed by atoms with Gasteiger partial charge in [0.2, 0.25) is 5.95 Å². The topological polar surface area (TPSA) is 63.0 Å². The van der Waals surface area contributed by atoms with Crippen molar-refractivity contribution in [1.82, 2.24) is 9.97 Å². The predicted molar refractivity (Wildman–Crippen MR) is 82.8 cm³/mol. The molecule has 0 aliphatic carbocycles. The molecule has 0 bridgehead atoms. The first-order valence-electron chi connectivity index (χ1n) is 6.42. The summed E-state index contributed by atoms with van der Waals surface area (Å²) in [7, 11) is 0. The minimum Gasteiger partial charge on any atom is -0.467 e. The van der Waals surface area contributed by atoms with E-state index >= 15 is 0 Å². The van der Waals surface area contributed by atoms with Gasteiger partial charge < -0.3 is 15.1 Å². The number of hydrogen-bond donors (Lipinski definition) is 2. The van der Waals surface area contributed by atoms with Gasteiger partial charge in [-0.15, -0.1) is 0 Å². The lowest BCUT2D eigenvalue weighted by Crippen LogP contribution is -2.03. The van der Waals surface area contributed by atoms with Crippen LogP contribution in [-0.2, 0) is 6.54 Å². The molecule has 6 heteroatoms. The zero-order valence-electron chi connectivity index (χ0n) is 11.1. The van der Waals surface area contributed by atoms with Gasteiger partial charge in [-0.3, -0.25) is 0 Å². The average molecular weight is 301 g/mol. The van der Waals surface area contributed by atoms with Crippen molar-refractivity contribution < 1.29 is 4.42 Å². The molecule has 0 aliphatic rings. The van der Waals surface area contributed by atoms with E-state index in [2.05, 4.69) is 20.6 Å². The first-order valence-corrected chi connectivity index (χ1v) is 6.80. The number of rotatable bonds is 5. The number of nitrogens with zero attached hydrogens (tertiary/aromatic N) is 2. The van der Waals surface area contributed by atoms with E-state index in [4.69, 9.17) is 16.0 Å². The fourth-order valence-electron chi connectivity index (χ4n) is 1.79. The maximum Gasteiger partial charge on any atom is 0.229 e. The molecular weight excluding hydrogens is 288 g/mol. The molecule has 106 valence electrons. The van der Waals surface area contributed by atoms with E-state index in [-0.39, 0.29) is 0 Å². The van der Waals surface area contributed by atoms with Gasteiger partial charge >= 0.3 is 0 Å². The highest BCUT2D eigenvalue weighted by Crippen LogP contribution is 2.23. The van der Waals surface area contributed by atoms with Crippen molar-refractivity contribution in [2.24, 2.45) is 0 Å². The van der Waals surface area contributed by atoms with Gasteiger partial charge in [0.1, 0.15) is 11.6 Å². The van der Waals surface area contributed by atoms with Gasteiger partial charge in [0.25, 0.3) is 0 Å². The molecule has 2 heterocycles. The van der Waals surface area contributed by atoms with Crippen molar-refractivity contribution in [3.05, 3.63) is 65.7 Å². The molecule has 3 rings (SSSR count). The van der Waals surface area contributed by atoms with Crippen LogP contribution in [0.2, 0.25) is 5.02 Å². The summed E-state index contributed by atoms with van der Waals surface area (Å²) in [6.07, 6.45) is 3.32. The van der Waals surface area contributed by atoms with Crippen LogP contribution in [0, 0.1) is 0 Å². The van der Waals surface area contributed by atoms with Gasteiger partial charge in [0, 0.05) is 6.20 Å². The summed E-state index contributed by atoms with van der Waals surface area (Å²) in [5, 5.41) is 6.88. The number of benzene rings is 1. The van der Waals surface area contributed by atoms with Crippen LogP contribution < -0.4 is 10.6 Å². The Morgan fingerprint density at radius 3 is 2.81 bits per heavy atom. The van der Waals surface area contributed by atoms with Crippen LogP contribution in [0.25, 0.3) is 0 Å². The van der Waals surface area contributed by atoms with E-state index in [1.165, 1.54) is 0 Å². The summed E-state index contributed by atoms with van der Waals surface area (Å²) < 4.78 is 5.26. The largest absolute Gasteiger partial charge is 0.467 e. The predicted octanol–water partition coefficient (Wildman–Crippen LogP) is 4.08. The number of para-hydroxylation sites is 1. The highest BCUT2D eigenvalue weighted by atomic mass is 35.5. The second kappa shape index (κ2) is 6.28.